The molecule has 0 aliphatic heterocycles. The zero-order valence-electron chi connectivity index (χ0n) is 21.6. The molecule has 2 amide bonds. The molecule has 0 bridgehead atoms. The Balaban J connectivity index is 2.04. The minimum Gasteiger partial charge on any atom is -0.315 e. The number of aromatic nitrogens is 2. The van der Waals surface area contributed by atoms with E-state index in [-0.39, 0.29) is 29.5 Å². The lowest BCUT2D eigenvalue weighted by molar-refractivity contribution is 0.192. The largest absolute Gasteiger partial charge is 0.322 e. The summed E-state index contributed by atoms with van der Waals surface area (Å²) in [5, 5.41) is 3.82. The second-order valence-corrected chi connectivity index (χ2v) is 9.46. The first-order valence-electron chi connectivity index (χ1n) is 12.4. The molecule has 1 N–H and O–H groups in total. The molecule has 1 aromatic heterocycles. The SMILES string of the molecule is CCCn1c(C(C)N(CC)C(=O)Nc2c(C(C)C)cccc2C(C)C)nc2ccccc2c1=O. The van der Waals surface area contributed by atoms with Gasteiger partial charge >= 0.3 is 6.03 Å². The van der Waals surface area contributed by atoms with E-state index < -0.39 is 0 Å². The minimum absolute atomic E-state index is 0.0574. The Labute approximate surface area is 203 Å². The Morgan fingerprint density at radius 1 is 0.971 bits per heavy atom. The Morgan fingerprint density at radius 2 is 1.59 bits per heavy atom. The Bertz CT molecular complexity index is 1190. The van der Waals surface area contributed by atoms with Crippen LogP contribution in [0.2, 0.25) is 0 Å². The van der Waals surface area contributed by atoms with Crippen molar-refractivity contribution in [1.82, 2.24) is 14.5 Å². The van der Waals surface area contributed by atoms with Gasteiger partial charge in [0.2, 0.25) is 0 Å². The molecule has 0 spiro atoms. The molecule has 1 heterocycles. The molecule has 6 nitrogen and oxygen atoms in total. The fourth-order valence-electron chi connectivity index (χ4n) is 4.55. The van der Waals surface area contributed by atoms with Crippen LogP contribution in [0.5, 0.6) is 0 Å². The summed E-state index contributed by atoms with van der Waals surface area (Å²) in [6.07, 6.45) is 0.803. The maximum atomic E-state index is 13.6. The number of rotatable bonds is 8. The van der Waals surface area contributed by atoms with Gasteiger partial charge in [-0.05, 0) is 55.4 Å². The van der Waals surface area contributed by atoms with Crippen molar-refractivity contribution >= 4 is 22.6 Å². The van der Waals surface area contributed by atoms with Crippen LogP contribution < -0.4 is 10.9 Å². The van der Waals surface area contributed by atoms with Crippen molar-refractivity contribution in [2.75, 3.05) is 11.9 Å². The highest BCUT2D eigenvalue weighted by atomic mass is 16.2. The molecule has 3 aromatic rings. The van der Waals surface area contributed by atoms with Gasteiger partial charge in [-0.2, -0.15) is 0 Å². The Hall–Kier alpha value is -3.15. The van der Waals surface area contributed by atoms with E-state index in [0.29, 0.717) is 29.8 Å². The van der Waals surface area contributed by atoms with Crippen molar-refractivity contribution in [2.24, 2.45) is 0 Å². The second-order valence-electron chi connectivity index (χ2n) is 9.46. The molecule has 34 heavy (non-hydrogen) atoms. The lowest BCUT2D eigenvalue weighted by Crippen LogP contribution is -2.40. The molecule has 0 saturated heterocycles. The van der Waals surface area contributed by atoms with Crippen molar-refractivity contribution in [3.63, 3.8) is 0 Å². The van der Waals surface area contributed by atoms with E-state index in [1.165, 1.54) is 0 Å². The predicted octanol–water partition coefficient (Wildman–Crippen LogP) is 6.67. The molecule has 182 valence electrons. The fraction of sp³-hybridized carbons (Fsp3) is 0.464. The number of hydrogen-bond acceptors (Lipinski definition) is 3. The van der Waals surface area contributed by atoms with E-state index in [2.05, 4.69) is 51.2 Å². The maximum Gasteiger partial charge on any atom is 0.322 e. The highest BCUT2D eigenvalue weighted by Gasteiger charge is 2.26. The number of anilines is 1. The molecule has 6 heteroatoms. The van der Waals surface area contributed by atoms with Crippen LogP contribution in [-0.4, -0.2) is 27.0 Å². The predicted molar refractivity (Wildman–Crippen MR) is 141 cm³/mol. The second kappa shape index (κ2) is 10.9. The monoisotopic (exact) mass is 462 g/mol. The normalized spacial score (nSPS) is 12.4. The van der Waals surface area contributed by atoms with E-state index in [1.54, 1.807) is 9.47 Å². The van der Waals surface area contributed by atoms with Gasteiger partial charge in [0.05, 0.1) is 16.9 Å². The first-order valence-corrected chi connectivity index (χ1v) is 12.4. The zero-order chi connectivity index (χ0) is 25.0. The van der Waals surface area contributed by atoms with Crippen molar-refractivity contribution < 1.29 is 4.79 Å². The van der Waals surface area contributed by atoms with Crippen molar-refractivity contribution in [1.29, 1.82) is 0 Å². The maximum absolute atomic E-state index is 13.6. The third-order valence-corrected chi connectivity index (χ3v) is 6.39. The molecule has 3 rings (SSSR count). The molecule has 0 saturated carbocycles. The number of para-hydroxylation sites is 2. The first kappa shape index (κ1) is 25.5. The number of benzene rings is 2. The lowest BCUT2D eigenvalue weighted by atomic mass is 9.93. The molecule has 0 fully saturated rings. The van der Waals surface area contributed by atoms with E-state index in [1.807, 2.05) is 45.0 Å². The zero-order valence-corrected chi connectivity index (χ0v) is 21.6. The third kappa shape index (κ3) is 5.01. The van der Waals surface area contributed by atoms with Crippen LogP contribution in [0.25, 0.3) is 10.9 Å². The van der Waals surface area contributed by atoms with Gasteiger partial charge in [0, 0.05) is 18.8 Å². The van der Waals surface area contributed by atoms with E-state index in [9.17, 15) is 9.59 Å². The van der Waals surface area contributed by atoms with Crippen LogP contribution in [0.1, 0.15) is 89.7 Å². The molecule has 1 unspecified atom stereocenters. The van der Waals surface area contributed by atoms with E-state index >= 15 is 0 Å². The van der Waals surface area contributed by atoms with Gasteiger partial charge in [-0.3, -0.25) is 9.36 Å². The topological polar surface area (TPSA) is 67.2 Å². The average Bonchev–Trinajstić information content (AvgIpc) is 2.81. The molecule has 1 atom stereocenters. The quantitative estimate of drug-likeness (QED) is 0.406. The highest BCUT2D eigenvalue weighted by molar-refractivity contribution is 5.91. The van der Waals surface area contributed by atoms with Crippen molar-refractivity contribution in [2.45, 2.75) is 79.3 Å². The summed E-state index contributed by atoms with van der Waals surface area (Å²) in [5.41, 5.74) is 3.73. The summed E-state index contributed by atoms with van der Waals surface area (Å²) in [6, 6.07) is 13.1. The summed E-state index contributed by atoms with van der Waals surface area (Å²) < 4.78 is 1.73. The van der Waals surface area contributed by atoms with Crippen LogP contribution >= 0.6 is 0 Å². The summed E-state index contributed by atoms with van der Waals surface area (Å²) in [4.78, 5) is 33.5. The van der Waals surface area contributed by atoms with Gasteiger partial charge in [0.15, 0.2) is 0 Å². The van der Waals surface area contributed by atoms with Crippen LogP contribution in [0.15, 0.2) is 47.3 Å². The van der Waals surface area contributed by atoms with Crippen molar-refractivity contribution in [3.8, 4) is 0 Å². The number of urea groups is 1. The Morgan fingerprint density at radius 3 is 2.15 bits per heavy atom. The van der Waals surface area contributed by atoms with Gasteiger partial charge in [-0.15, -0.1) is 0 Å². The molecule has 0 aliphatic carbocycles. The molecule has 0 radical (unpaired) electrons. The van der Waals surface area contributed by atoms with Crippen LogP contribution in [0.4, 0.5) is 10.5 Å². The summed E-state index contributed by atoms with van der Waals surface area (Å²) in [7, 11) is 0. The van der Waals surface area contributed by atoms with E-state index in [0.717, 1.165) is 23.2 Å². The smallest absolute Gasteiger partial charge is 0.315 e. The summed E-state index contributed by atoms with van der Waals surface area (Å²) in [6.45, 7) is 15.5. The first-order chi connectivity index (χ1) is 16.2. The standard InChI is InChI=1S/C28H38N4O2/c1-8-17-32-26(29-24-16-11-10-13-23(24)27(32)33)20(7)31(9-2)28(34)30-25-21(18(3)4)14-12-15-22(25)19(5)6/h10-16,18-20H,8-9,17H2,1-7H3,(H,30,34). The average molecular weight is 463 g/mol. The number of carbonyl (C=O) groups is 1. The fourth-order valence-corrected chi connectivity index (χ4v) is 4.55. The number of nitrogens with zero attached hydrogens (tertiary/aromatic N) is 3. The van der Waals surface area contributed by atoms with E-state index in [4.69, 9.17) is 4.98 Å². The van der Waals surface area contributed by atoms with Gasteiger partial charge < -0.3 is 10.2 Å². The van der Waals surface area contributed by atoms with Crippen LogP contribution in [0, 0.1) is 0 Å². The van der Waals surface area contributed by atoms with Crippen LogP contribution in [-0.2, 0) is 6.54 Å². The number of nitrogens with one attached hydrogen (secondary N) is 1. The van der Waals surface area contributed by atoms with Gasteiger partial charge in [0.25, 0.3) is 5.56 Å². The molecule has 2 aromatic carbocycles. The number of amides is 2. The minimum atomic E-state index is -0.373. The lowest BCUT2D eigenvalue weighted by Gasteiger charge is -2.31. The number of hydrogen-bond donors (Lipinski definition) is 1. The van der Waals surface area contributed by atoms with Crippen LogP contribution in [0.3, 0.4) is 0 Å². The third-order valence-electron chi connectivity index (χ3n) is 6.39. The molecular formula is C28H38N4O2. The van der Waals surface area contributed by atoms with Crippen molar-refractivity contribution in [3.05, 3.63) is 69.8 Å². The molecular weight excluding hydrogens is 424 g/mol. The summed E-state index contributed by atoms with van der Waals surface area (Å²) in [5.74, 6) is 1.17. The van der Waals surface area contributed by atoms with Gasteiger partial charge in [-0.1, -0.05) is 65.0 Å². The van der Waals surface area contributed by atoms with Gasteiger partial charge in [-0.25, -0.2) is 9.78 Å². The Kier molecular flexibility index (Phi) is 8.13. The number of fused-ring (bicyclic) bond motifs is 1. The van der Waals surface area contributed by atoms with Gasteiger partial charge in [0.1, 0.15) is 5.82 Å². The number of carbonyl (C=O) groups excluding carboxylic acids is 1. The highest BCUT2D eigenvalue weighted by Crippen LogP contribution is 2.33. The molecule has 0 aliphatic rings. The summed E-state index contributed by atoms with van der Waals surface area (Å²) >= 11 is 0.